The van der Waals surface area contributed by atoms with E-state index in [9.17, 15) is 14.7 Å². The second-order valence-corrected chi connectivity index (χ2v) is 12.3. The molecule has 0 unspecified atom stereocenters. The van der Waals surface area contributed by atoms with Gasteiger partial charge in [-0.2, -0.15) is 0 Å². The highest BCUT2D eigenvalue weighted by Crippen LogP contribution is 2.66. The minimum atomic E-state index is -1.06. The van der Waals surface area contributed by atoms with Crippen LogP contribution >= 0.6 is 0 Å². The molecule has 2 aliphatic carbocycles. The summed E-state index contributed by atoms with van der Waals surface area (Å²) in [6.07, 6.45) is 2.88. The highest BCUT2D eigenvalue weighted by atomic mass is 16.6. The zero-order chi connectivity index (χ0) is 29.8. The summed E-state index contributed by atoms with van der Waals surface area (Å²) in [6, 6.07) is 23.4. The lowest BCUT2D eigenvalue weighted by molar-refractivity contribution is -0.199. The van der Waals surface area contributed by atoms with Gasteiger partial charge in [0.2, 0.25) is 0 Å². The Morgan fingerprint density at radius 1 is 1.07 bits per heavy atom. The molecule has 1 N–H and O–H groups in total. The van der Waals surface area contributed by atoms with Gasteiger partial charge in [-0.15, -0.1) is 0 Å². The molecule has 2 heterocycles. The number of nitrogens with zero attached hydrogens (tertiary/aromatic N) is 2. The molecule has 0 aromatic heterocycles. The summed E-state index contributed by atoms with van der Waals surface area (Å²) >= 11 is 0. The van der Waals surface area contributed by atoms with E-state index >= 15 is 0 Å². The predicted molar refractivity (Wildman–Crippen MR) is 162 cm³/mol. The van der Waals surface area contributed by atoms with Crippen LogP contribution in [0.25, 0.3) is 0 Å². The van der Waals surface area contributed by atoms with E-state index in [1.54, 1.807) is 11.9 Å². The average Bonchev–Trinajstić information content (AvgIpc) is 3.36. The third-order valence-electron chi connectivity index (χ3n) is 10.2. The maximum atomic E-state index is 13.4. The van der Waals surface area contributed by atoms with Gasteiger partial charge in [0, 0.05) is 43.6 Å². The van der Waals surface area contributed by atoms with E-state index in [-0.39, 0.29) is 18.0 Å². The monoisotopic (exact) mass is 576 g/mol. The van der Waals surface area contributed by atoms with Gasteiger partial charge in [-0.05, 0) is 68.0 Å². The summed E-state index contributed by atoms with van der Waals surface area (Å²) in [5.41, 5.74) is 2.34. The van der Waals surface area contributed by atoms with Crippen molar-refractivity contribution in [2.75, 3.05) is 20.1 Å². The van der Waals surface area contributed by atoms with E-state index in [0.717, 1.165) is 36.2 Å². The SMILES string of the molecule is CC(=O)Oc1ccc2c3c1O[C@H]1[C@@H](N(C)C(=O)C#Cc4ccccc4)CC[C@@]4(O)[C@@H](C2)N(CCc2ccccc2)CC[C@]314. The molecule has 2 aliphatic heterocycles. The van der Waals surface area contributed by atoms with Crippen LogP contribution in [0.4, 0.5) is 0 Å². The fourth-order valence-electron chi connectivity index (χ4n) is 8.30. The topological polar surface area (TPSA) is 79.3 Å². The molecule has 2 fully saturated rings. The van der Waals surface area contributed by atoms with Gasteiger partial charge in [0.05, 0.1) is 17.1 Å². The Balaban J connectivity index is 1.26. The first kappa shape index (κ1) is 27.7. The van der Waals surface area contributed by atoms with E-state index in [4.69, 9.17) is 9.47 Å². The minimum Gasteiger partial charge on any atom is -0.483 e. The number of carbonyl (C=O) groups is 2. The summed E-state index contributed by atoms with van der Waals surface area (Å²) in [5, 5.41) is 12.9. The lowest BCUT2D eigenvalue weighted by atomic mass is 9.48. The number of ether oxygens (including phenoxy) is 2. The molecule has 3 aromatic rings. The Labute approximate surface area is 252 Å². The molecule has 2 bridgehead atoms. The molecule has 1 amide bonds. The first-order chi connectivity index (χ1) is 20.8. The van der Waals surface area contributed by atoms with Crippen LogP contribution in [-0.2, 0) is 27.8 Å². The van der Waals surface area contributed by atoms with Crippen LogP contribution < -0.4 is 9.47 Å². The fourth-order valence-corrected chi connectivity index (χ4v) is 8.30. The van der Waals surface area contributed by atoms with Gasteiger partial charge < -0.3 is 19.5 Å². The highest BCUT2D eigenvalue weighted by Gasteiger charge is 2.73. The van der Waals surface area contributed by atoms with Crippen molar-refractivity contribution in [2.24, 2.45) is 0 Å². The number of likely N-dealkylation sites (N-methyl/N-ethyl adjacent to an activating group) is 1. The van der Waals surface area contributed by atoms with Crippen LogP contribution in [0.2, 0.25) is 0 Å². The molecule has 7 nitrogen and oxygen atoms in total. The Kier molecular flexibility index (Phi) is 6.80. The maximum absolute atomic E-state index is 13.4. The zero-order valence-electron chi connectivity index (χ0n) is 24.6. The standard InChI is InChI=1S/C36H36N2O5/c1-24(39)42-29-15-14-27-23-30-36(41)19-17-28(37(2)31(40)16-13-25-9-5-3-6-10-25)34-35(36,32(27)33(29)43-34)20-22-38(30)21-18-26-11-7-4-8-12-26/h3-12,14-15,28,30,34,41H,17-23H2,1-2H3/t28-,30+,34-,35-,36+/m0/s1. The molecule has 1 spiro atoms. The quantitative estimate of drug-likeness (QED) is 0.282. The molecule has 7 rings (SSSR count). The number of piperidine rings is 1. The van der Waals surface area contributed by atoms with Gasteiger partial charge in [0.25, 0.3) is 5.91 Å². The smallest absolute Gasteiger partial charge is 0.308 e. The number of benzene rings is 3. The first-order valence-corrected chi connectivity index (χ1v) is 15.2. The lowest BCUT2D eigenvalue weighted by Crippen LogP contribution is -2.78. The maximum Gasteiger partial charge on any atom is 0.308 e. The summed E-state index contributed by atoms with van der Waals surface area (Å²) in [4.78, 5) is 29.6. The minimum absolute atomic E-state index is 0.0890. The Morgan fingerprint density at radius 2 is 1.81 bits per heavy atom. The van der Waals surface area contributed by atoms with E-state index in [1.165, 1.54) is 12.5 Å². The number of amides is 1. The normalized spacial score (nSPS) is 28.1. The van der Waals surface area contributed by atoms with Crippen molar-refractivity contribution in [3.05, 3.63) is 95.1 Å². The van der Waals surface area contributed by atoms with Gasteiger partial charge in [0.15, 0.2) is 11.5 Å². The fraction of sp³-hybridized carbons (Fsp3) is 0.389. The molecule has 43 heavy (non-hydrogen) atoms. The number of esters is 1. The molecular formula is C36H36N2O5. The average molecular weight is 577 g/mol. The summed E-state index contributed by atoms with van der Waals surface area (Å²) in [5.74, 6) is 6.00. The van der Waals surface area contributed by atoms with Crippen molar-refractivity contribution in [3.8, 4) is 23.3 Å². The number of likely N-dealkylation sites (tertiary alicyclic amines) is 1. The number of aliphatic hydroxyl groups is 1. The largest absolute Gasteiger partial charge is 0.483 e. The van der Waals surface area contributed by atoms with Gasteiger partial charge in [-0.1, -0.05) is 60.5 Å². The van der Waals surface area contributed by atoms with E-state index in [0.29, 0.717) is 37.2 Å². The van der Waals surface area contributed by atoms with Crippen molar-refractivity contribution in [1.29, 1.82) is 0 Å². The number of hydrogen-bond donors (Lipinski definition) is 1. The third kappa shape index (κ3) is 4.35. The first-order valence-electron chi connectivity index (χ1n) is 15.2. The molecule has 1 saturated heterocycles. The van der Waals surface area contributed by atoms with Crippen molar-refractivity contribution in [3.63, 3.8) is 0 Å². The number of carbonyl (C=O) groups excluding carboxylic acids is 2. The van der Waals surface area contributed by atoms with Crippen LogP contribution in [0.5, 0.6) is 11.5 Å². The Morgan fingerprint density at radius 3 is 2.56 bits per heavy atom. The van der Waals surface area contributed by atoms with Crippen molar-refractivity contribution < 1.29 is 24.2 Å². The van der Waals surface area contributed by atoms with Crippen LogP contribution in [0.15, 0.2) is 72.8 Å². The Hall–Kier alpha value is -4.12. The molecule has 3 aromatic carbocycles. The summed E-state index contributed by atoms with van der Waals surface area (Å²) in [7, 11) is 1.78. The van der Waals surface area contributed by atoms with Crippen molar-refractivity contribution in [1.82, 2.24) is 9.80 Å². The molecule has 4 aliphatic rings. The lowest BCUT2D eigenvalue weighted by Gasteiger charge is -2.64. The van der Waals surface area contributed by atoms with Crippen LogP contribution in [-0.4, -0.2) is 70.7 Å². The summed E-state index contributed by atoms with van der Waals surface area (Å²) in [6.45, 7) is 3.03. The van der Waals surface area contributed by atoms with Crippen LogP contribution in [0.3, 0.4) is 0 Å². The number of hydrogen-bond acceptors (Lipinski definition) is 6. The molecule has 5 atom stereocenters. The van der Waals surface area contributed by atoms with Gasteiger partial charge in [0.1, 0.15) is 6.10 Å². The summed E-state index contributed by atoms with van der Waals surface area (Å²) < 4.78 is 12.4. The van der Waals surface area contributed by atoms with Gasteiger partial charge in [-0.25, -0.2) is 0 Å². The zero-order valence-corrected chi connectivity index (χ0v) is 24.6. The molecule has 220 valence electrons. The predicted octanol–water partition coefficient (Wildman–Crippen LogP) is 3.89. The van der Waals surface area contributed by atoms with E-state index < -0.39 is 23.1 Å². The molecular weight excluding hydrogens is 540 g/mol. The van der Waals surface area contributed by atoms with Gasteiger partial charge in [-0.3, -0.25) is 14.5 Å². The highest BCUT2D eigenvalue weighted by molar-refractivity contribution is 5.94. The second-order valence-electron chi connectivity index (χ2n) is 12.3. The van der Waals surface area contributed by atoms with Crippen LogP contribution in [0.1, 0.15) is 48.4 Å². The van der Waals surface area contributed by atoms with E-state index in [2.05, 4.69) is 41.0 Å². The third-order valence-corrected chi connectivity index (χ3v) is 10.2. The van der Waals surface area contributed by atoms with Gasteiger partial charge >= 0.3 is 5.97 Å². The number of rotatable bonds is 5. The second kappa shape index (κ2) is 10.6. The molecule has 0 radical (unpaired) electrons. The van der Waals surface area contributed by atoms with Crippen molar-refractivity contribution >= 4 is 11.9 Å². The molecule has 1 saturated carbocycles. The Bertz CT molecular complexity index is 1630. The molecule has 7 heteroatoms. The van der Waals surface area contributed by atoms with E-state index in [1.807, 2.05) is 48.5 Å². The van der Waals surface area contributed by atoms with Crippen LogP contribution in [0, 0.1) is 11.8 Å². The van der Waals surface area contributed by atoms with Crippen molar-refractivity contribution in [2.45, 2.75) is 68.2 Å².